The lowest BCUT2D eigenvalue weighted by molar-refractivity contribution is 0.144. The largest absolute Gasteiger partial charge is 0.390 e. The molecule has 0 spiro atoms. The van der Waals surface area contributed by atoms with Crippen molar-refractivity contribution >= 4 is 11.7 Å². The number of aromatic nitrogens is 2. The molecule has 3 rings (SSSR count). The number of aryl methyl sites for hydroxylation is 1. The number of benzene rings is 1. The maximum Gasteiger partial charge on any atom is 0.319 e. The van der Waals surface area contributed by atoms with Crippen molar-refractivity contribution in [2.45, 2.75) is 38.5 Å². The van der Waals surface area contributed by atoms with E-state index in [4.69, 9.17) is 0 Å². The van der Waals surface area contributed by atoms with Crippen LogP contribution in [0.1, 0.15) is 30.5 Å². The van der Waals surface area contributed by atoms with E-state index in [2.05, 4.69) is 22.7 Å². The van der Waals surface area contributed by atoms with Crippen molar-refractivity contribution in [1.29, 1.82) is 0 Å². The van der Waals surface area contributed by atoms with Crippen molar-refractivity contribution in [2.75, 3.05) is 5.32 Å². The number of carbonyl (C=O) groups is 1. The van der Waals surface area contributed by atoms with Crippen LogP contribution in [0.15, 0.2) is 36.7 Å². The Morgan fingerprint density at radius 1 is 1.45 bits per heavy atom. The van der Waals surface area contributed by atoms with Gasteiger partial charge in [-0.3, -0.25) is 4.68 Å². The second-order valence-electron chi connectivity index (χ2n) is 5.54. The summed E-state index contributed by atoms with van der Waals surface area (Å²) in [5.41, 5.74) is 2.70. The average molecular weight is 300 g/mol. The molecule has 22 heavy (non-hydrogen) atoms. The number of urea groups is 1. The highest BCUT2D eigenvalue weighted by Crippen LogP contribution is 2.31. The molecule has 1 aliphatic carbocycles. The van der Waals surface area contributed by atoms with E-state index < -0.39 is 6.10 Å². The van der Waals surface area contributed by atoms with Gasteiger partial charge in [0.2, 0.25) is 0 Å². The number of aliphatic hydroxyl groups is 1. The van der Waals surface area contributed by atoms with E-state index in [0.29, 0.717) is 12.1 Å². The minimum Gasteiger partial charge on any atom is -0.390 e. The number of amides is 2. The maximum atomic E-state index is 12.1. The lowest BCUT2D eigenvalue weighted by Gasteiger charge is -2.18. The molecular formula is C16H20N4O2. The maximum absolute atomic E-state index is 12.1. The van der Waals surface area contributed by atoms with E-state index in [1.165, 1.54) is 0 Å². The zero-order valence-corrected chi connectivity index (χ0v) is 12.5. The first kappa shape index (κ1) is 14.6. The van der Waals surface area contributed by atoms with Gasteiger partial charge in [0.05, 0.1) is 24.0 Å². The molecule has 1 aromatic heterocycles. The molecule has 1 aliphatic rings. The zero-order valence-electron chi connectivity index (χ0n) is 12.5. The molecule has 1 heterocycles. The van der Waals surface area contributed by atoms with E-state index in [9.17, 15) is 9.90 Å². The van der Waals surface area contributed by atoms with Gasteiger partial charge < -0.3 is 15.7 Å². The minimum absolute atomic E-state index is 0.336. The van der Waals surface area contributed by atoms with Gasteiger partial charge in [-0.25, -0.2) is 4.79 Å². The molecule has 0 saturated carbocycles. The predicted molar refractivity (Wildman–Crippen MR) is 83.6 cm³/mol. The van der Waals surface area contributed by atoms with Crippen LogP contribution < -0.4 is 10.6 Å². The van der Waals surface area contributed by atoms with Gasteiger partial charge in [-0.2, -0.15) is 5.10 Å². The highest BCUT2D eigenvalue weighted by molar-refractivity contribution is 5.89. The van der Waals surface area contributed by atoms with Crippen molar-refractivity contribution in [3.63, 3.8) is 0 Å². The Kier molecular flexibility index (Phi) is 4.11. The SMILES string of the molecule is CCCn1cc(NC(=O)N[C@@H]2c3ccccc3C[C@@H]2O)cn1. The molecule has 0 aliphatic heterocycles. The lowest BCUT2D eigenvalue weighted by atomic mass is 10.1. The van der Waals surface area contributed by atoms with Crippen LogP contribution in [0.3, 0.4) is 0 Å². The number of aliphatic hydroxyl groups excluding tert-OH is 1. The Morgan fingerprint density at radius 3 is 3.09 bits per heavy atom. The van der Waals surface area contributed by atoms with Crippen LogP contribution in [-0.2, 0) is 13.0 Å². The number of nitrogens with one attached hydrogen (secondary N) is 2. The fourth-order valence-corrected chi connectivity index (χ4v) is 2.84. The monoisotopic (exact) mass is 300 g/mol. The first-order valence-corrected chi connectivity index (χ1v) is 7.53. The van der Waals surface area contributed by atoms with E-state index >= 15 is 0 Å². The van der Waals surface area contributed by atoms with Gasteiger partial charge in [-0.1, -0.05) is 31.2 Å². The molecule has 1 aromatic carbocycles. The summed E-state index contributed by atoms with van der Waals surface area (Å²) in [7, 11) is 0. The Balaban J connectivity index is 1.64. The number of nitrogens with zero attached hydrogens (tertiary/aromatic N) is 2. The van der Waals surface area contributed by atoms with E-state index in [-0.39, 0.29) is 12.1 Å². The van der Waals surface area contributed by atoms with Gasteiger partial charge in [-0.05, 0) is 17.5 Å². The van der Waals surface area contributed by atoms with Crippen molar-refractivity contribution in [2.24, 2.45) is 0 Å². The van der Waals surface area contributed by atoms with Crippen LogP contribution in [0.2, 0.25) is 0 Å². The molecule has 6 nitrogen and oxygen atoms in total. The van der Waals surface area contributed by atoms with Gasteiger partial charge in [-0.15, -0.1) is 0 Å². The van der Waals surface area contributed by atoms with Gasteiger partial charge in [0.15, 0.2) is 0 Å². The highest BCUT2D eigenvalue weighted by atomic mass is 16.3. The first-order chi connectivity index (χ1) is 10.7. The summed E-state index contributed by atoms with van der Waals surface area (Å²) in [4.78, 5) is 12.1. The van der Waals surface area contributed by atoms with Gasteiger partial charge >= 0.3 is 6.03 Å². The van der Waals surface area contributed by atoms with Crippen molar-refractivity contribution < 1.29 is 9.90 Å². The molecule has 2 amide bonds. The van der Waals surface area contributed by atoms with Gasteiger partial charge in [0.25, 0.3) is 0 Å². The Morgan fingerprint density at radius 2 is 2.27 bits per heavy atom. The minimum atomic E-state index is -0.592. The second-order valence-corrected chi connectivity index (χ2v) is 5.54. The molecule has 0 fully saturated rings. The first-order valence-electron chi connectivity index (χ1n) is 7.53. The second kappa shape index (κ2) is 6.19. The van der Waals surface area contributed by atoms with Crippen molar-refractivity contribution in [3.05, 3.63) is 47.8 Å². The lowest BCUT2D eigenvalue weighted by Crippen LogP contribution is -2.36. The molecule has 0 bridgehead atoms. The normalized spacial score (nSPS) is 19.7. The Bertz CT molecular complexity index is 668. The van der Waals surface area contributed by atoms with Crippen LogP contribution in [0, 0.1) is 0 Å². The fraction of sp³-hybridized carbons (Fsp3) is 0.375. The number of rotatable bonds is 4. The predicted octanol–water partition coefficient (Wildman–Crippen LogP) is 2.07. The zero-order chi connectivity index (χ0) is 15.5. The van der Waals surface area contributed by atoms with E-state index in [0.717, 1.165) is 24.1 Å². The summed E-state index contributed by atoms with van der Waals surface area (Å²) < 4.78 is 1.79. The number of hydrogen-bond acceptors (Lipinski definition) is 3. The quantitative estimate of drug-likeness (QED) is 0.809. The summed E-state index contributed by atoms with van der Waals surface area (Å²) in [6, 6.07) is 7.07. The third-order valence-corrected chi connectivity index (χ3v) is 3.83. The molecular weight excluding hydrogens is 280 g/mol. The molecule has 6 heteroatoms. The molecule has 2 atom stereocenters. The summed E-state index contributed by atoms with van der Waals surface area (Å²) >= 11 is 0. The molecule has 116 valence electrons. The summed E-state index contributed by atoms with van der Waals surface area (Å²) in [5, 5.41) is 19.9. The molecule has 0 radical (unpaired) electrons. The Labute approximate surface area is 129 Å². The fourth-order valence-electron chi connectivity index (χ4n) is 2.84. The third kappa shape index (κ3) is 2.96. The van der Waals surface area contributed by atoms with Gasteiger partial charge in [0, 0.05) is 19.2 Å². The van der Waals surface area contributed by atoms with E-state index in [1.807, 2.05) is 24.3 Å². The molecule has 2 aromatic rings. The molecule has 0 saturated heterocycles. The van der Waals surface area contributed by atoms with Crippen LogP contribution >= 0.6 is 0 Å². The molecule has 3 N–H and O–H groups in total. The van der Waals surface area contributed by atoms with Crippen molar-refractivity contribution in [3.8, 4) is 0 Å². The van der Waals surface area contributed by atoms with Crippen LogP contribution in [0.25, 0.3) is 0 Å². The van der Waals surface area contributed by atoms with Crippen LogP contribution in [0.4, 0.5) is 10.5 Å². The Hall–Kier alpha value is -2.34. The average Bonchev–Trinajstić information content (AvgIpc) is 3.05. The smallest absolute Gasteiger partial charge is 0.319 e. The van der Waals surface area contributed by atoms with Crippen molar-refractivity contribution in [1.82, 2.24) is 15.1 Å². The number of anilines is 1. The number of carbonyl (C=O) groups excluding carboxylic acids is 1. The summed E-state index contributed by atoms with van der Waals surface area (Å²) in [5.74, 6) is 0. The highest BCUT2D eigenvalue weighted by Gasteiger charge is 2.31. The number of fused-ring (bicyclic) bond motifs is 1. The van der Waals surface area contributed by atoms with Crippen LogP contribution in [-0.4, -0.2) is 27.0 Å². The standard InChI is InChI=1S/C16H20N4O2/c1-2-7-20-10-12(9-17-20)18-16(22)19-15-13-6-4-3-5-11(13)8-14(15)21/h3-6,9-10,14-15,21H,2,7-8H2,1H3,(H2,18,19,22)/t14-,15+/m0/s1. The van der Waals surface area contributed by atoms with Crippen LogP contribution in [0.5, 0.6) is 0 Å². The van der Waals surface area contributed by atoms with E-state index in [1.54, 1.807) is 17.1 Å². The van der Waals surface area contributed by atoms with Gasteiger partial charge in [0.1, 0.15) is 0 Å². The topological polar surface area (TPSA) is 79.2 Å². The third-order valence-electron chi connectivity index (χ3n) is 3.83. The summed E-state index contributed by atoms with van der Waals surface area (Å²) in [6.07, 6.45) is 4.37. The summed E-state index contributed by atoms with van der Waals surface area (Å²) in [6.45, 7) is 2.89. The number of hydrogen-bond donors (Lipinski definition) is 3. The molecule has 0 unspecified atom stereocenters.